The highest BCUT2D eigenvalue weighted by atomic mass is 32.1. The number of hydrogen-bond donors (Lipinski definition) is 2. The number of esters is 1. The second-order valence-electron chi connectivity index (χ2n) is 5.15. The van der Waals surface area contributed by atoms with Crippen LogP contribution in [0.1, 0.15) is 32.4 Å². The minimum atomic E-state index is -1.22. The minimum Gasteiger partial charge on any atom is -0.467 e. The van der Waals surface area contributed by atoms with E-state index in [0.29, 0.717) is 5.56 Å². The zero-order valence-electron chi connectivity index (χ0n) is 11.9. The molecule has 2 unspecified atom stereocenters. The molecule has 0 saturated heterocycles. The van der Waals surface area contributed by atoms with E-state index in [4.69, 9.17) is 4.74 Å². The van der Waals surface area contributed by atoms with Crippen molar-refractivity contribution < 1.29 is 24.2 Å². The molecule has 0 aliphatic heterocycles. The van der Waals surface area contributed by atoms with Gasteiger partial charge in [-0.2, -0.15) is 11.3 Å². The van der Waals surface area contributed by atoms with Crippen LogP contribution in [0.15, 0.2) is 16.8 Å². The zero-order chi connectivity index (χ0) is 15.3. The molecule has 112 valence electrons. The molecule has 6 nitrogen and oxygen atoms in total. The molecule has 7 heteroatoms. The van der Waals surface area contributed by atoms with Gasteiger partial charge < -0.3 is 19.9 Å². The van der Waals surface area contributed by atoms with Crippen molar-refractivity contribution in [1.82, 2.24) is 5.32 Å². The van der Waals surface area contributed by atoms with Crippen LogP contribution in [0.3, 0.4) is 0 Å². The predicted octanol–water partition coefficient (Wildman–Crippen LogP) is 1.85. The van der Waals surface area contributed by atoms with Crippen molar-refractivity contribution in [3.8, 4) is 0 Å². The van der Waals surface area contributed by atoms with Crippen molar-refractivity contribution in [1.29, 1.82) is 0 Å². The summed E-state index contributed by atoms with van der Waals surface area (Å²) in [4.78, 5) is 23.4. The minimum absolute atomic E-state index is 0.529. The molecule has 0 aliphatic carbocycles. The Balaban J connectivity index is 2.80. The lowest BCUT2D eigenvalue weighted by atomic mass is 10.1. The molecule has 0 fully saturated rings. The molecule has 1 heterocycles. The third kappa shape index (κ3) is 4.82. The average molecular weight is 301 g/mol. The predicted molar refractivity (Wildman–Crippen MR) is 74.5 cm³/mol. The molecule has 2 atom stereocenters. The van der Waals surface area contributed by atoms with Crippen LogP contribution in [0.4, 0.5) is 4.79 Å². The molecule has 0 aromatic carbocycles. The van der Waals surface area contributed by atoms with Crippen molar-refractivity contribution in [2.75, 3.05) is 7.11 Å². The highest BCUT2D eigenvalue weighted by molar-refractivity contribution is 7.07. The van der Waals surface area contributed by atoms with E-state index in [1.54, 1.807) is 37.6 Å². The number of nitrogens with one attached hydrogen (secondary N) is 1. The first-order chi connectivity index (χ1) is 9.24. The van der Waals surface area contributed by atoms with Crippen molar-refractivity contribution in [3.05, 3.63) is 22.4 Å². The number of rotatable bonds is 4. The quantitative estimate of drug-likeness (QED) is 0.829. The molecule has 0 saturated carbocycles. The fourth-order valence-corrected chi connectivity index (χ4v) is 2.15. The Morgan fingerprint density at radius 2 is 2.05 bits per heavy atom. The second-order valence-corrected chi connectivity index (χ2v) is 5.93. The van der Waals surface area contributed by atoms with E-state index >= 15 is 0 Å². The van der Waals surface area contributed by atoms with Gasteiger partial charge >= 0.3 is 12.1 Å². The number of alkyl carbamates (subject to hydrolysis) is 1. The van der Waals surface area contributed by atoms with E-state index in [1.807, 2.05) is 0 Å². The van der Waals surface area contributed by atoms with Crippen LogP contribution in [0.25, 0.3) is 0 Å². The highest BCUT2D eigenvalue weighted by Crippen LogP contribution is 2.21. The van der Waals surface area contributed by atoms with Crippen molar-refractivity contribution in [2.45, 2.75) is 38.5 Å². The average Bonchev–Trinajstić information content (AvgIpc) is 2.85. The second kappa shape index (κ2) is 6.71. The Morgan fingerprint density at radius 1 is 1.40 bits per heavy atom. The molecular weight excluding hydrogens is 282 g/mol. The smallest absolute Gasteiger partial charge is 0.408 e. The van der Waals surface area contributed by atoms with Crippen LogP contribution < -0.4 is 5.32 Å². The number of ether oxygens (including phenoxy) is 2. The van der Waals surface area contributed by atoms with Gasteiger partial charge in [0.15, 0.2) is 6.04 Å². The topological polar surface area (TPSA) is 84.9 Å². The summed E-state index contributed by atoms with van der Waals surface area (Å²) in [5.41, 5.74) is -0.167. The maximum atomic E-state index is 11.7. The SMILES string of the molecule is COC(=O)C(NC(=O)OC(C)(C)C)C(O)c1ccsc1. The lowest BCUT2D eigenvalue weighted by Crippen LogP contribution is -2.47. The van der Waals surface area contributed by atoms with Crippen molar-refractivity contribution >= 4 is 23.4 Å². The maximum Gasteiger partial charge on any atom is 0.408 e. The normalized spacial score (nSPS) is 14.2. The number of amides is 1. The van der Waals surface area contributed by atoms with Gasteiger partial charge in [0.2, 0.25) is 0 Å². The molecule has 1 aromatic heterocycles. The third-order valence-electron chi connectivity index (χ3n) is 2.33. The van der Waals surface area contributed by atoms with Crippen LogP contribution in [-0.2, 0) is 14.3 Å². The van der Waals surface area contributed by atoms with Crippen LogP contribution >= 0.6 is 11.3 Å². The molecule has 1 amide bonds. The van der Waals surface area contributed by atoms with Crippen LogP contribution in [-0.4, -0.2) is 35.9 Å². The molecule has 0 radical (unpaired) electrons. The summed E-state index contributed by atoms with van der Waals surface area (Å²) in [5.74, 6) is -0.741. The molecular formula is C13H19NO5S. The first kappa shape index (κ1) is 16.5. The molecule has 1 aromatic rings. The zero-order valence-corrected chi connectivity index (χ0v) is 12.7. The monoisotopic (exact) mass is 301 g/mol. The first-order valence-corrected chi connectivity index (χ1v) is 6.96. The molecule has 0 spiro atoms. The number of carbonyl (C=O) groups excluding carboxylic acids is 2. The van der Waals surface area contributed by atoms with Gasteiger partial charge in [0.25, 0.3) is 0 Å². The maximum absolute atomic E-state index is 11.7. The molecule has 2 N–H and O–H groups in total. The van der Waals surface area contributed by atoms with Gasteiger partial charge in [0, 0.05) is 0 Å². The summed E-state index contributed by atoms with van der Waals surface area (Å²) in [6, 6.07) is 0.451. The Morgan fingerprint density at radius 3 is 2.50 bits per heavy atom. The summed E-state index contributed by atoms with van der Waals surface area (Å²) in [5, 5.41) is 15.9. The van der Waals surface area contributed by atoms with Gasteiger partial charge in [-0.15, -0.1) is 0 Å². The van der Waals surface area contributed by atoms with Crippen LogP contribution in [0.2, 0.25) is 0 Å². The number of hydrogen-bond acceptors (Lipinski definition) is 6. The summed E-state index contributed by atoms with van der Waals surface area (Å²) >= 11 is 1.38. The molecule has 20 heavy (non-hydrogen) atoms. The summed E-state index contributed by atoms with van der Waals surface area (Å²) in [6.45, 7) is 5.11. The molecule has 0 bridgehead atoms. The Kier molecular flexibility index (Phi) is 5.52. The van der Waals surface area contributed by atoms with E-state index in [-0.39, 0.29) is 0 Å². The number of methoxy groups -OCH3 is 1. The molecule has 0 aliphatic rings. The van der Waals surface area contributed by atoms with Gasteiger partial charge in [-0.25, -0.2) is 9.59 Å². The molecule has 1 rings (SSSR count). The van der Waals surface area contributed by atoms with Gasteiger partial charge in [-0.3, -0.25) is 0 Å². The first-order valence-electron chi connectivity index (χ1n) is 6.02. The number of aliphatic hydroxyl groups excluding tert-OH is 1. The lowest BCUT2D eigenvalue weighted by molar-refractivity contribution is -0.146. The van der Waals surface area contributed by atoms with Crippen LogP contribution in [0.5, 0.6) is 0 Å². The van der Waals surface area contributed by atoms with Gasteiger partial charge in [-0.1, -0.05) is 0 Å². The number of thiophene rings is 1. The summed E-state index contributed by atoms with van der Waals surface area (Å²) in [6.07, 6.45) is -1.98. The fraction of sp³-hybridized carbons (Fsp3) is 0.538. The fourth-order valence-electron chi connectivity index (χ4n) is 1.46. The largest absolute Gasteiger partial charge is 0.467 e. The van der Waals surface area contributed by atoms with Gasteiger partial charge in [0.1, 0.15) is 11.7 Å². The third-order valence-corrected chi connectivity index (χ3v) is 3.03. The Bertz CT molecular complexity index is 452. The summed E-state index contributed by atoms with van der Waals surface area (Å²) < 4.78 is 9.66. The highest BCUT2D eigenvalue weighted by Gasteiger charge is 2.32. The van der Waals surface area contributed by atoms with E-state index in [9.17, 15) is 14.7 Å². The van der Waals surface area contributed by atoms with E-state index < -0.39 is 29.8 Å². The van der Waals surface area contributed by atoms with Gasteiger partial charge in [-0.05, 0) is 43.2 Å². The van der Waals surface area contributed by atoms with Gasteiger partial charge in [0.05, 0.1) is 7.11 Å². The number of aliphatic hydroxyl groups is 1. The van der Waals surface area contributed by atoms with Crippen LogP contribution in [0, 0.1) is 0 Å². The van der Waals surface area contributed by atoms with E-state index in [0.717, 1.165) is 0 Å². The lowest BCUT2D eigenvalue weighted by Gasteiger charge is -2.24. The number of carbonyl (C=O) groups is 2. The summed E-state index contributed by atoms with van der Waals surface area (Å²) in [7, 11) is 1.19. The van der Waals surface area contributed by atoms with E-state index in [2.05, 4.69) is 10.1 Å². The Labute approximate surface area is 121 Å². The van der Waals surface area contributed by atoms with Crippen molar-refractivity contribution in [2.24, 2.45) is 0 Å². The van der Waals surface area contributed by atoms with Crippen molar-refractivity contribution in [3.63, 3.8) is 0 Å². The standard InChI is InChI=1S/C13H19NO5S/c1-13(2,3)19-12(17)14-9(11(16)18-4)10(15)8-5-6-20-7-8/h5-7,9-10,15H,1-4H3,(H,14,17). The van der Waals surface area contributed by atoms with E-state index in [1.165, 1.54) is 18.4 Å². The Hall–Kier alpha value is -1.60.